The normalized spacial score (nSPS) is 13.7. The summed E-state index contributed by atoms with van der Waals surface area (Å²) in [6.45, 7) is 0.238. The fraction of sp³-hybridized carbons (Fsp3) is 0.121. The zero-order chi connectivity index (χ0) is 31.7. The van der Waals surface area contributed by atoms with Gasteiger partial charge in [-0.25, -0.2) is 17.2 Å². The molecule has 0 radical (unpaired) electrons. The van der Waals surface area contributed by atoms with Crippen molar-refractivity contribution in [2.24, 2.45) is 0 Å². The number of nitrogens with zero attached hydrogens (tertiary/aromatic N) is 3. The Labute approximate surface area is 258 Å². The maximum absolute atomic E-state index is 13.6. The number of anilines is 2. The summed E-state index contributed by atoms with van der Waals surface area (Å²) in [7, 11) is -4.10. The van der Waals surface area contributed by atoms with Gasteiger partial charge in [-0.1, -0.05) is 24.3 Å². The van der Waals surface area contributed by atoms with Crippen molar-refractivity contribution in [3.05, 3.63) is 120 Å². The highest BCUT2D eigenvalue weighted by Gasteiger charge is 2.28. The number of halogens is 2. The van der Waals surface area contributed by atoms with Crippen LogP contribution in [0.15, 0.2) is 102 Å². The molecular formula is C33H27F2N5O4S. The molecule has 1 aromatic heterocycles. The number of nitrogen functional groups attached to an aromatic ring is 1. The van der Waals surface area contributed by atoms with Gasteiger partial charge in [0.2, 0.25) is 5.91 Å². The Hall–Kier alpha value is -5.36. The van der Waals surface area contributed by atoms with Crippen LogP contribution >= 0.6 is 0 Å². The predicted molar refractivity (Wildman–Crippen MR) is 167 cm³/mol. The molecule has 0 saturated carbocycles. The van der Waals surface area contributed by atoms with E-state index in [0.717, 1.165) is 11.5 Å². The van der Waals surface area contributed by atoms with E-state index >= 15 is 0 Å². The average Bonchev–Trinajstić information content (AvgIpc) is 3.01. The van der Waals surface area contributed by atoms with E-state index in [-0.39, 0.29) is 48.2 Å². The number of sulfonamides is 1. The lowest BCUT2D eigenvalue weighted by atomic mass is 10.0. The van der Waals surface area contributed by atoms with Crippen molar-refractivity contribution in [2.45, 2.75) is 11.4 Å². The number of carbonyl (C=O) groups excluding carboxylic acids is 2. The molecule has 228 valence electrons. The van der Waals surface area contributed by atoms with E-state index in [9.17, 15) is 26.8 Å². The summed E-state index contributed by atoms with van der Waals surface area (Å²) in [5.41, 5.74) is 8.89. The minimum atomic E-state index is -4.10. The molecule has 6 rings (SSSR count). The van der Waals surface area contributed by atoms with Gasteiger partial charge in [-0.2, -0.15) is 0 Å². The molecule has 0 aliphatic carbocycles. The summed E-state index contributed by atoms with van der Waals surface area (Å²) in [6.07, 6.45) is 1.64. The number of benzene rings is 4. The average molecular weight is 628 g/mol. The first-order valence-electron chi connectivity index (χ1n) is 14.0. The summed E-state index contributed by atoms with van der Waals surface area (Å²) >= 11 is 0. The van der Waals surface area contributed by atoms with E-state index in [0.29, 0.717) is 27.9 Å². The molecule has 5 aromatic rings. The van der Waals surface area contributed by atoms with Gasteiger partial charge in [-0.15, -0.1) is 0 Å². The zero-order valence-electron chi connectivity index (χ0n) is 23.8. The molecule has 2 heterocycles. The third kappa shape index (κ3) is 6.31. The molecule has 0 spiro atoms. The molecule has 9 nitrogen and oxygen atoms in total. The fourth-order valence-electron chi connectivity index (χ4n) is 5.36. The second-order valence-electron chi connectivity index (χ2n) is 10.6. The van der Waals surface area contributed by atoms with E-state index in [4.69, 9.17) is 5.73 Å². The molecule has 45 heavy (non-hydrogen) atoms. The van der Waals surface area contributed by atoms with Crippen LogP contribution in [0.4, 0.5) is 20.2 Å². The Balaban J connectivity index is 1.16. The maximum atomic E-state index is 13.6. The summed E-state index contributed by atoms with van der Waals surface area (Å²) in [4.78, 5) is 33.2. The van der Waals surface area contributed by atoms with Gasteiger partial charge < -0.3 is 15.5 Å². The lowest BCUT2D eigenvalue weighted by molar-refractivity contribution is -0.135. The van der Waals surface area contributed by atoms with Crippen molar-refractivity contribution in [1.82, 2.24) is 14.8 Å². The van der Waals surface area contributed by atoms with E-state index in [1.807, 2.05) is 18.2 Å². The lowest BCUT2D eigenvalue weighted by Crippen LogP contribution is -2.51. The molecule has 1 aliphatic heterocycles. The van der Waals surface area contributed by atoms with Crippen molar-refractivity contribution >= 4 is 44.1 Å². The van der Waals surface area contributed by atoms with Crippen molar-refractivity contribution in [3.8, 4) is 11.1 Å². The Morgan fingerprint density at radius 2 is 1.62 bits per heavy atom. The molecular weight excluding hydrogens is 600 g/mol. The third-order valence-electron chi connectivity index (χ3n) is 7.50. The molecule has 1 aliphatic rings. The zero-order valence-corrected chi connectivity index (χ0v) is 24.6. The van der Waals surface area contributed by atoms with E-state index in [1.165, 1.54) is 58.3 Å². The topological polar surface area (TPSA) is 126 Å². The second kappa shape index (κ2) is 12.0. The Kier molecular flexibility index (Phi) is 7.90. The van der Waals surface area contributed by atoms with Crippen molar-refractivity contribution in [1.29, 1.82) is 0 Å². The van der Waals surface area contributed by atoms with Crippen LogP contribution in [-0.4, -0.2) is 54.7 Å². The number of hydrogen-bond donors (Lipinski definition) is 2. The van der Waals surface area contributed by atoms with Crippen LogP contribution in [0.3, 0.4) is 0 Å². The van der Waals surface area contributed by atoms with E-state index in [1.54, 1.807) is 24.4 Å². The number of fused-ring (bicyclic) bond motifs is 1. The van der Waals surface area contributed by atoms with Crippen LogP contribution in [0, 0.1) is 11.6 Å². The number of pyridine rings is 1. The van der Waals surface area contributed by atoms with Gasteiger partial charge in [0.25, 0.3) is 15.9 Å². The molecule has 1 fully saturated rings. The first kappa shape index (κ1) is 29.7. The van der Waals surface area contributed by atoms with Gasteiger partial charge in [-0.05, 0) is 66.2 Å². The highest BCUT2D eigenvalue weighted by atomic mass is 32.2. The van der Waals surface area contributed by atoms with E-state index in [2.05, 4.69) is 9.71 Å². The summed E-state index contributed by atoms with van der Waals surface area (Å²) in [5, 5.41) is 0.846. The van der Waals surface area contributed by atoms with Crippen LogP contribution in [0.1, 0.15) is 15.9 Å². The van der Waals surface area contributed by atoms with Gasteiger partial charge in [0, 0.05) is 65.3 Å². The minimum Gasteiger partial charge on any atom is -0.399 e. The number of piperazine rings is 1. The van der Waals surface area contributed by atoms with Crippen LogP contribution in [0.25, 0.3) is 22.0 Å². The Morgan fingerprint density at radius 1 is 0.889 bits per heavy atom. The summed E-state index contributed by atoms with van der Waals surface area (Å²) in [5.74, 6) is -2.22. The molecule has 0 atom stereocenters. The van der Waals surface area contributed by atoms with Gasteiger partial charge in [0.1, 0.15) is 18.2 Å². The predicted octanol–water partition coefficient (Wildman–Crippen LogP) is 5.05. The van der Waals surface area contributed by atoms with Crippen molar-refractivity contribution < 1.29 is 26.8 Å². The van der Waals surface area contributed by atoms with Gasteiger partial charge in [-0.3, -0.25) is 19.3 Å². The molecule has 4 aromatic carbocycles. The molecule has 0 bridgehead atoms. The quantitative estimate of drug-likeness (QED) is 0.244. The summed E-state index contributed by atoms with van der Waals surface area (Å²) < 4.78 is 56.9. The van der Waals surface area contributed by atoms with Crippen molar-refractivity contribution in [3.63, 3.8) is 0 Å². The first-order valence-corrected chi connectivity index (χ1v) is 15.4. The van der Waals surface area contributed by atoms with E-state index < -0.39 is 27.6 Å². The molecule has 12 heteroatoms. The lowest BCUT2D eigenvalue weighted by Gasteiger charge is -2.34. The summed E-state index contributed by atoms with van der Waals surface area (Å²) in [6, 6.07) is 22.7. The second-order valence-corrected chi connectivity index (χ2v) is 12.3. The Bertz CT molecular complexity index is 2030. The van der Waals surface area contributed by atoms with Crippen LogP contribution < -0.4 is 10.5 Å². The SMILES string of the molecule is Nc1ccc(S(=O)(=O)Nc2ccc(C(=O)N3CCN(Cc4cc(F)cc(F)c4)C(=O)C3)cc2)c(-c2cccc3cccnc23)c1. The smallest absolute Gasteiger partial charge is 0.262 e. The third-order valence-corrected chi connectivity index (χ3v) is 8.94. The number of aromatic nitrogens is 1. The number of para-hydroxylation sites is 1. The van der Waals surface area contributed by atoms with Gasteiger partial charge in [0.15, 0.2) is 0 Å². The highest BCUT2D eigenvalue weighted by Crippen LogP contribution is 2.34. The number of rotatable bonds is 7. The molecule has 3 N–H and O–H groups in total. The standard InChI is InChI=1S/C33H27F2N5O4S/c34-24-15-21(16-25(35)17-24)19-39-13-14-40(20-31(39)41)33(42)23-6-9-27(10-7-23)38-45(43,44)30-11-8-26(36)18-29(30)28-5-1-3-22-4-2-12-37-32(22)28/h1-12,15-18,38H,13-14,19-20,36H2. The van der Waals surface area contributed by atoms with Crippen LogP contribution in [-0.2, 0) is 21.4 Å². The number of nitrogens with one attached hydrogen (secondary N) is 1. The fourth-order valence-corrected chi connectivity index (χ4v) is 6.62. The van der Waals surface area contributed by atoms with Gasteiger partial charge in [0.05, 0.1) is 10.4 Å². The Morgan fingerprint density at radius 3 is 2.36 bits per heavy atom. The van der Waals surface area contributed by atoms with Gasteiger partial charge >= 0.3 is 0 Å². The molecule has 0 unspecified atom stereocenters. The number of nitrogens with two attached hydrogens (primary N) is 1. The van der Waals surface area contributed by atoms with Crippen molar-refractivity contribution in [2.75, 3.05) is 30.1 Å². The monoisotopic (exact) mass is 627 g/mol. The number of carbonyl (C=O) groups is 2. The first-order chi connectivity index (χ1) is 21.6. The molecule has 1 saturated heterocycles. The van der Waals surface area contributed by atoms with Crippen LogP contribution in [0.5, 0.6) is 0 Å². The number of amides is 2. The number of hydrogen-bond acceptors (Lipinski definition) is 6. The van der Waals surface area contributed by atoms with Crippen LogP contribution in [0.2, 0.25) is 0 Å². The largest absolute Gasteiger partial charge is 0.399 e. The minimum absolute atomic E-state index is 0.00682. The molecule has 2 amide bonds. The maximum Gasteiger partial charge on any atom is 0.262 e. The highest BCUT2D eigenvalue weighted by molar-refractivity contribution is 7.92.